The van der Waals surface area contributed by atoms with E-state index in [1.165, 1.54) is 0 Å². The molecule has 0 heterocycles. The van der Waals surface area contributed by atoms with Crippen molar-refractivity contribution in [2.24, 2.45) is 0 Å². The molecule has 0 saturated heterocycles. The number of benzene rings is 2. The van der Waals surface area contributed by atoms with E-state index in [9.17, 15) is 0 Å². The van der Waals surface area contributed by atoms with Crippen molar-refractivity contribution < 1.29 is 4.74 Å². The van der Waals surface area contributed by atoms with E-state index in [4.69, 9.17) is 22.1 Å². The minimum Gasteiger partial charge on any atom is -0.492 e. The van der Waals surface area contributed by atoms with E-state index in [2.05, 4.69) is 12.2 Å². The lowest BCUT2D eigenvalue weighted by atomic mass is 10.1. The van der Waals surface area contributed by atoms with Gasteiger partial charge >= 0.3 is 0 Å². The molecular weight excluding hydrogens is 272 g/mol. The summed E-state index contributed by atoms with van der Waals surface area (Å²) in [4.78, 5) is 0. The van der Waals surface area contributed by atoms with E-state index >= 15 is 0 Å². The van der Waals surface area contributed by atoms with Crippen LogP contribution in [0, 0.1) is 0 Å². The Labute approximate surface area is 124 Å². The Morgan fingerprint density at radius 1 is 1.25 bits per heavy atom. The zero-order valence-electron chi connectivity index (χ0n) is 11.7. The summed E-state index contributed by atoms with van der Waals surface area (Å²) in [5.74, 6) is 0.704. The second kappa shape index (κ2) is 6.53. The maximum Gasteiger partial charge on any atom is 0.144 e. The molecule has 0 aliphatic heterocycles. The molecule has 0 spiro atoms. The number of para-hydroxylation sites is 1. The summed E-state index contributed by atoms with van der Waals surface area (Å²) in [6.45, 7) is 4.60. The van der Waals surface area contributed by atoms with Crippen LogP contribution >= 0.6 is 11.6 Å². The third-order valence-corrected chi connectivity index (χ3v) is 3.32. The molecule has 2 aromatic carbocycles. The minimum atomic E-state index is 0.105. The predicted octanol–water partition coefficient (Wildman–Crippen LogP) is 4.49. The normalized spacial score (nSPS) is 11.9. The monoisotopic (exact) mass is 290 g/mol. The summed E-state index contributed by atoms with van der Waals surface area (Å²) in [7, 11) is 0. The van der Waals surface area contributed by atoms with Gasteiger partial charge in [0.1, 0.15) is 5.75 Å². The van der Waals surface area contributed by atoms with Crippen LogP contribution < -0.4 is 15.8 Å². The third kappa shape index (κ3) is 3.36. The topological polar surface area (TPSA) is 47.3 Å². The Morgan fingerprint density at radius 2 is 2.00 bits per heavy atom. The maximum absolute atomic E-state index is 6.11. The van der Waals surface area contributed by atoms with Crippen molar-refractivity contribution in [2.75, 3.05) is 17.7 Å². The average molecular weight is 291 g/mol. The van der Waals surface area contributed by atoms with E-state index < -0.39 is 0 Å². The minimum absolute atomic E-state index is 0.105. The number of hydrogen-bond donors (Lipinski definition) is 2. The number of halogens is 1. The van der Waals surface area contributed by atoms with Gasteiger partial charge < -0.3 is 15.8 Å². The highest BCUT2D eigenvalue weighted by atomic mass is 35.5. The van der Waals surface area contributed by atoms with Crippen molar-refractivity contribution >= 4 is 23.0 Å². The zero-order chi connectivity index (χ0) is 14.5. The zero-order valence-corrected chi connectivity index (χ0v) is 12.4. The molecule has 20 heavy (non-hydrogen) atoms. The van der Waals surface area contributed by atoms with Crippen molar-refractivity contribution in [1.82, 2.24) is 0 Å². The Morgan fingerprint density at radius 3 is 2.70 bits per heavy atom. The van der Waals surface area contributed by atoms with E-state index in [0.29, 0.717) is 18.0 Å². The number of rotatable bonds is 5. The number of nitrogen functional groups attached to an aromatic ring is 1. The highest BCUT2D eigenvalue weighted by Gasteiger charge is 2.10. The number of hydrogen-bond acceptors (Lipinski definition) is 3. The maximum atomic E-state index is 6.11. The van der Waals surface area contributed by atoms with Crippen LogP contribution in [-0.2, 0) is 0 Å². The molecule has 0 fully saturated rings. The fourth-order valence-electron chi connectivity index (χ4n) is 2.04. The van der Waals surface area contributed by atoms with Gasteiger partial charge in [-0.25, -0.2) is 0 Å². The molecule has 0 amide bonds. The standard InChI is InChI=1S/C16H19ClN2O/c1-3-20-15-9-5-8-14(16(15)18)19-11(2)12-6-4-7-13(17)10-12/h4-11,19H,3,18H2,1-2H3. The van der Waals surface area contributed by atoms with Crippen LogP contribution in [0.1, 0.15) is 25.5 Å². The predicted molar refractivity (Wildman–Crippen MR) is 85.5 cm³/mol. The molecule has 0 aromatic heterocycles. The molecule has 0 aliphatic carbocycles. The molecule has 0 saturated carbocycles. The van der Waals surface area contributed by atoms with Crippen molar-refractivity contribution in [1.29, 1.82) is 0 Å². The Kier molecular flexibility index (Phi) is 4.74. The molecule has 0 aliphatic rings. The Bertz CT molecular complexity index is 586. The summed E-state index contributed by atoms with van der Waals surface area (Å²) >= 11 is 6.02. The Balaban J connectivity index is 2.19. The fraction of sp³-hybridized carbons (Fsp3) is 0.250. The van der Waals surface area contributed by atoms with Gasteiger partial charge in [0.05, 0.1) is 18.0 Å². The van der Waals surface area contributed by atoms with Gasteiger partial charge in [-0.2, -0.15) is 0 Å². The molecular formula is C16H19ClN2O. The van der Waals surface area contributed by atoms with Gasteiger partial charge in [0.15, 0.2) is 0 Å². The molecule has 106 valence electrons. The van der Waals surface area contributed by atoms with Crippen LogP contribution in [-0.4, -0.2) is 6.61 Å². The largest absolute Gasteiger partial charge is 0.492 e. The lowest BCUT2D eigenvalue weighted by molar-refractivity contribution is 0.342. The lowest BCUT2D eigenvalue weighted by Crippen LogP contribution is -2.09. The number of nitrogens with one attached hydrogen (secondary N) is 1. The molecule has 4 heteroatoms. The molecule has 2 aromatic rings. The second-order valence-corrected chi connectivity index (χ2v) is 5.01. The quantitative estimate of drug-likeness (QED) is 0.797. The Hall–Kier alpha value is -1.87. The van der Waals surface area contributed by atoms with Crippen LogP contribution in [0.5, 0.6) is 5.75 Å². The summed E-state index contributed by atoms with van der Waals surface area (Å²) in [5, 5.41) is 4.12. The van der Waals surface area contributed by atoms with E-state index in [1.807, 2.05) is 49.4 Å². The first kappa shape index (κ1) is 14.5. The summed E-state index contributed by atoms with van der Waals surface area (Å²) in [6.07, 6.45) is 0. The first-order chi connectivity index (χ1) is 9.61. The number of anilines is 2. The van der Waals surface area contributed by atoms with Gasteiger partial charge in [0, 0.05) is 11.1 Å². The van der Waals surface area contributed by atoms with Gasteiger partial charge in [0.2, 0.25) is 0 Å². The highest BCUT2D eigenvalue weighted by Crippen LogP contribution is 2.32. The van der Waals surface area contributed by atoms with Gasteiger partial charge in [-0.15, -0.1) is 0 Å². The molecule has 3 nitrogen and oxygen atoms in total. The van der Waals surface area contributed by atoms with Crippen LogP contribution in [0.4, 0.5) is 11.4 Å². The highest BCUT2D eigenvalue weighted by molar-refractivity contribution is 6.30. The van der Waals surface area contributed by atoms with Crippen LogP contribution in [0.2, 0.25) is 5.02 Å². The first-order valence-corrected chi connectivity index (χ1v) is 7.03. The molecule has 2 rings (SSSR count). The molecule has 3 N–H and O–H groups in total. The van der Waals surface area contributed by atoms with E-state index in [1.54, 1.807) is 0 Å². The number of ether oxygens (including phenoxy) is 1. The number of nitrogens with two attached hydrogens (primary N) is 1. The van der Waals surface area contributed by atoms with E-state index in [-0.39, 0.29) is 6.04 Å². The smallest absolute Gasteiger partial charge is 0.144 e. The lowest BCUT2D eigenvalue weighted by Gasteiger charge is -2.19. The molecule has 1 atom stereocenters. The second-order valence-electron chi connectivity index (χ2n) is 4.57. The molecule has 0 bridgehead atoms. The SMILES string of the molecule is CCOc1cccc(NC(C)c2cccc(Cl)c2)c1N. The third-order valence-electron chi connectivity index (χ3n) is 3.09. The van der Waals surface area contributed by atoms with Crippen LogP contribution in [0.25, 0.3) is 0 Å². The van der Waals surface area contributed by atoms with Gasteiger partial charge in [-0.3, -0.25) is 0 Å². The molecule has 0 radical (unpaired) electrons. The van der Waals surface area contributed by atoms with Crippen molar-refractivity contribution in [2.45, 2.75) is 19.9 Å². The molecule has 1 unspecified atom stereocenters. The van der Waals surface area contributed by atoms with Crippen molar-refractivity contribution in [3.05, 3.63) is 53.1 Å². The van der Waals surface area contributed by atoms with Gasteiger partial charge in [-0.1, -0.05) is 29.8 Å². The van der Waals surface area contributed by atoms with Gasteiger partial charge in [-0.05, 0) is 43.7 Å². The van der Waals surface area contributed by atoms with Crippen LogP contribution in [0.15, 0.2) is 42.5 Å². The van der Waals surface area contributed by atoms with Crippen molar-refractivity contribution in [3.8, 4) is 5.75 Å². The van der Waals surface area contributed by atoms with E-state index in [0.717, 1.165) is 16.3 Å². The summed E-state index contributed by atoms with van der Waals surface area (Å²) < 4.78 is 5.50. The van der Waals surface area contributed by atoms with Crippen LogP contribution in [0.3, 0.4) is 0 Å². The van der Waals surface area contributed by atoms with Crippen molar-refractivity contribution in [3.63, 3.8) is 0 Å². The summed E-state index contributed by atoms with van der Waals surface area (Å²) in [6, 6.07) is 13.6. The average Bonchev–Trinajstić information content (AvgIpc) is 2.43. The van der Waals surface area contributed by atoms with Gasteiger partial charge in [0.25, 0.3) is 0 Å². The first-order valence-electron chi connectivity index (χ1n) is 6.65. The summed E-state index contributed by atoms with van der Waals surface area (Å²) in [5.41, 5.74) is 8.71. The fourth-order valence-corrected chi connectivity index (χ4v) is 2.24.